The van der Waals surface area contributed by atoms with E-state index in [1.54, 1.807) is 6.07 Å². The normalized spacial score (nSPS) is 24.6. The van der Waals surface area contributed by atoms with Gasteiger partial charge in [0.25, 0.3) is 5.91 Å². The summed E-state index contributed by atoms with van der Waals surface area (Å²) in [4.78, 5) is 22.8. The molecule has 4 atom stereocenters. The van der Waals surface area contributed by atoms with Crippen LogP contribution in [0.2, 0.25) is 0 Å². The van der Waals surface area contributed by atoms with E-state index in [1.165, 1.54) is 6.07 Å². The first kappa shape index (κ1) is 18.3. The van der Waals surface area contributed by atoms with Crippen molar-refractivity contribution >= 4 is 11.9 Å². The maximum Gasteiger partial charge on any atom is 0.322 e. The van der Waals surface area contributed by atoms with E-state index in [-0.39, 0.29) is 30.5 Å². The summed E-state index contributed by atoms with van der Waals surface area (Å²) in [6, 6.07) is 2.62. The lowest BCUT2D eigenvalue weighted by atomic mass is 9.98. The Bertz CT molecular complexity index is 625. The van der Waals surface area contributed by atoms with Crippen LogP contribution in [0, 0.1) is 5.82 Å². The number of carbonyl (C=O) groups is 2. The Balaban J connectivity index is 2.16. The molecule has 1 amide bonds. The molecular weight excluding hydrogens is 317 g/mol. The van der Waals surface area contributed by atoms with Crippen molar-refractivity contribution in [2.24, 2.45) is 5.73 Å². The summed E-state index contributed by atoms with van der Waals surface area (Å²) in [7, 11) is 0. The fraction of sp³-hybridized carbons (Fsp3) is 0.500. The molecule has 1 saturated heterocycles. The third-order valence-electron chi connectivity index (χ3n) is 3.91. The smallest absolute Gasteiger partial charge is 0.322 e. The summed E-state index contributed by atoms with van der Waals surface area (Å²) in [6.45, 7) is 3.60. The number of halogens is 1. The molecule has 5 N–H and O–H groups in total. The van der Waals surface area contributed by atoms with E-state index < -0.39 is 23.7 Å². The van der Waals surface area contributed by atoms with Crippen LogP contribution in [0.1, 0.15) is 42.2 Å². The van der Waals surface area contributed by atoms with Crippen LogP contribution < -0.4 is 16.4 Å². The molecule has 0 saturated carbocycles. The molecule has 1 aromatic rings. The number of carboxylic acid groups (broad SMARTS) is 1. The molecule has 0 bridgehead atoms. The zero-order chi connectivity index (χ0) is 17.9. The zero-order valence-corrected chi connectivity index (χ0v) is 13.6. The third kappa shape index (κ3) is 4.28. The topological polar surface area (TPSA) is 114 Å². The number of amides is 1. The molecule has 1 heterocycles. The van der Waals surface area contributed by atoms with Gasteiger partial charge >= 0.3 is 5.97 Å². The van der Waals surface area contributed by atoms with E-state index in [0.717, 1.165) is 12.5 Å². The van der Waals surface area contributed by atoms with Crippen LogP contribution in [0.15, 0.2) is 18.2 Å². The fourth-order valence-corrected chi connectivity index (χ4v) is 2.70. The first-order valence-electron chi connectivity index (χ1n) is 7.80. The molecule has 7 nitrogen and oxygen atoms in total. The molecule has 0 aliphatic carbocycles. The van der Waals surface area contributed by atoms with Gasteiger partial charge in [-0.25, -0.2) is 4.39 Å². The molecule has 0 aromatic heterocycles. The average molecular weight is 339 g/mol. The molecule has 3 unspecified atom stereocenters. The number of aliphatic carboxylic acids is 1. The van der Waals surface area contributed by atoms with Gasteiger partial charge in [0.15, 0.2) is 0 Å². The molecule has 1 fully saturated rings. The van der Waals surface area contributed by atoms with Crippen LogP contribution in [0.4, 0.5) is 4.39 Å². The van der Waals surface area contributed by atoms with Crippen molar-refractivity contribution in [3.05, 3.63) is 35.1 Å². The summed E-state index contributed by atoms with van der Waals surface area (Å²) in [5.41, 5.74) is 6.06. The van der Waals surface area contributed by atoms with Gasteiger partial charge in [-0.1, -0.05) is 6.92 Å². The SMILES string of the molecule is CCC1OC(C)NC1c1cc(F)cc(C(=O)NC[C@@H](N)C(=O)O)c1. The highest BCUT2D eigenvalue weighted by molar-refractivity contribution is 5.94. The van der Waals surface area contributed by atoms with Crippen LogP contribution in [0.5, 0.6) is 0 Å². The van der Waals surface area contributed by atoms with Gasteiger partial charge in [-0.3, -0.25) is 14.9 Å². The lowest BCUT2D eigenvalue weighted by Gasteiger charge is -2.18. The van der Waals surface area contributed by atoms with Crippen molar-refractivity contribution in [3.8, 4) is 0 Å². The van der Waals surface area contributed by atoms with Crippen LogP contribution in [-0.4, -0.2) is 41.9 Å². The van der Waals surface area contributed by atoms with E-state index in [9.17, 15) is 14.0 Å². The van der Waals surface area contributed by atoms with Crippen LogP contribution in [0.3, 0.4) is 0 Å². The lowest BCUT2D eigenvalue weighted by Crippen LogP contribution is -2.42. The molecule has 0 radical (unpaired) electrons. The summed E-state index contributed by atoms with van der Waals surface area (Å²) in [5.74, 6) is -2.34. The molecule has 132 valence electrons. The van der Waals surface area contributed by atoms with Crippen molar-refractivity contribution in [3.63, 3.8) is 0 Å². The number of carbonyl (C=O) groups excluding carboxylic acids is 1. The Kier molecular flexibility index (Phi) is 5.87. The van der Waals surface area contributed by atoms with Crippen LogP contribution in [0.25, 0.3) is 0 Å². The Morgan fingerprint density at radius 2 is 2.17 bits per heavy atom. The Labute approximate surface area is 139 Å². The molecule has 2 rings (SSSR count). The molecule has 1 aliphatic rings. The third-order valence-corrected chi connectivity index (χ3v) is 3.91. The predicted molar refractivity (Wildman–Crippen MR) is 84.8 cm³/mol. The number of nitrogens with one attached hydrogen (secondary N) is 2. The first-order chi connectivity index (χ1) is 11.3. The summed E-state index contributed by atoms with van der Waals surface area (Å²) < 4.78 is 19.6. The number of ether oxygens (including phenoxy) is 1. The fourth-order valence-electron chi connectivity index (χ4n) is 2.70. The van der Waals surface area contributed by atoms with E-state index in [2.05, 4.69) is 10.6 Å². The number of hydrogen-bond donors (Lipinski definition) is 4. The van der Waals surface area contributed by atoms with Gasteiger partial charge in [0.1, 0.15) is 18.1 Å². The van der Waals surface area contributed by atoms with E-state index in [4.69, 9.17) is 15.6 Å². The summed E-state index contributed by atoms with van der Waals surface area (Å²) in [5, 5.41) is 14.3. The highest BCUT2D eigenvalue weighted by Gasteiger charge is 2.32. The van der Waals surface area contributed by atoms with Crippen molar-refractivity contribution in [1.82, 2.24) is 10.6 Å². The largest absolute Gasteiger partial charge is 0.480 e. The second kappa shape index (κ2) is 7.69. The van der Waals surface area contributed by atoms with Gasteiger partial charge < -0.3 is 20.9 Å². The molecule has 1 aliphatic heterocycles. The molecule has 1 aromatic carbocycles. The minimum Gasteiger partial charge on any atom is -0.480 e. The van der Waals surface area contributed by atoms with Gasteiger partial charge in [0.2, 0.25) is 0 Å². The van der Waals surface area contributed by atoms with E-state index in [0.29, 0.717) is 5.56 Å². The van der Waals surface area contributed by atoms with Crippen LogP contribution >= 0.6 is 0 Å². The van der Waals surface area contributed by atoms with Gasteiger partial charge in [-0.2, -0.15) is 0 Å². The maximum absolute atomic E-state index is 13.9. The maximum atomic E-state index is 13.9. The van der Waals surface area contributed by atoms with Crippen LogP contribution in [-0.2, 0) is 9.53 Å². The molecule has 24 heavy (non-hydrogen) atoms. The Morgan fingerprint density at radius 3 is 2.79 bits per heavy atom. The van der Waals surface area contributed by atoms with Crippen molar-refractivity contribution in [2.45, 2.75) is 44.7 Å². The summed E-state index contributed by atoms with van der Waals surface area (Å²) in [6.07, 6.45) is 0.472. The number of rotatable bonds is 6. The van der Waals surface area contributed by atoms with Gasteiger partial charge in [0, 0.05) is 12.1 Å². The Hall–Kier alpha value is -2.03. The predicted octanol–water partition coefficient (Wildman–Crippen LogP) is 0.753. The van der Waals surface area contributed by atoms with Gasteiger partial charge in [-0.15, -0.1) is 0 Å². The van der Waals surface area contributed by atoms with Gasteiger partial charge in [-0.05, 0) is 37.1 Å². The highest BCUT2D eigenvalue weighted by Crippen LogP contribution is 2.29. The molecular formula is C16H22FN3O4. The molecule has 0 spiro atoms. The minimum atomic E-state index is -1.22. The van der Waals surface area contributed by atoms with Gasteiger partial charge in [0.05, 0.1) is 12.1 Å². The lowest BCUT2D eigenvalue weighted by molar-refractivity contribution is -0.138. The van der Waals surface area contributed by atoms with Crippen molar-refractivity contribution < 1.29 is 23.8 Å². The van der Waals surface area contributed by atoms with E-state index in [1.807, 2.05) is 13.8 Å². The number of nitrogens with two attached hydrogens (primary N) is 1. The monoisotopic (exact) mass is 339 g/mol. The first-order valence-corrected chi connectivity index (χ1v) is 7.80. The standard InChI is InChI=1S/C16H22FN3O4/c1-3-13-14(20-8(2)24-13)9-4-10(6-11(17)5-9)15(21)19-7-12(18)16(22)23/h4-6,8,12-14,20H,3,7,18H2,1-2H3,(H,19,21)(H,22,23)/t8?,12-,13?,14?/m1/s1. The second-order valence-corrected chi connectivity index (χ2v) is 5.80. The minimum absolute atomic E-state index is 0.110. The highest BCUT2D eigenvalue weighted by atomic mass is 19.1. The quantitative estimate of drug-likeness (QED) is 0.608. The number of benzene rings is 1. The number of hydrogen-bond acceptors (Lipinski definition) is 5. The van der Waals surface area contributed by atoms with Crippen molar-refractivity contribution in [1.29, 1.82) is 0 Å². The Morgan fingerprint density at radius 1 is 1.46 bits per heavy atom. The summed E-state index contributed by atoms with van der Waals surface area (Å²) >= 11 is 0. The molecule has 8 heteroatoms. The zero-order valence-electron chi connectivity index (χ0n) is 13.6. The van der Waals surface area contributed by atoms with E-state index >= 15 is 0 Å². The number of carboxylic acids is 1. The average Bonchev–Trinajstić information content (AvgIpc) is 2.92. The van der Waals surface area contributed by atoms with Crippen molar-refractivity contribution in [2.75, 3.05) is 6.54 Å². The second-order valence-electron chi connectivity index (χ2n) is 5.80.